The lowest BCUT2D eigenvalue weighted by atomic mass is 9.46. The molecule has 1 aromatic rings. The van der Waals surface area contributed by atoms with Crippen molar-refractivity contribution < 1.29 is 4.74 Å². The zero-order valence-corrected chi connectivity index (χ0v) is 10.4. The van der Waals surface area contributed by atoms with Crippen molar-refractivity contribution in [3.05, 3.63) is 35.4 Å². The Morgan fingerprint density at radius 1 is 1.18 bits per heavy atom. The Morgan fingerprint density at radius 3 is 2.82 bits per heavy atom. The Hall–Kier alpha value is -1.24. The molecule has 3 aliphatic carbocycles. The quantitative estimate of drug-likeness (QED) is 0.652. The van der Waals surface area contributed by atoms with Crippen LogP contribution >= 0.6 is 0 Å². The maximum absolute atomic E-state index is 6.16. The lowest BCUT2D eigenvalue weighted by Gasteiger charge is -2.60. The summed E-state index contributed by atoms with van der Waals surface area (Å²) in [6.07, 6.45) is 5.34. The zero-order chi connectivity index (χ0) is 11.6. The largest absolute Gasteiger partial charge is 0.485 e. The molecule has 1 heteroatoms. The second-order valence-electron chi connectivity index (χ2n) is 6.33. The maximum atomic E-state index is 6.16. The predicted octanol–water partition coefficient (Wildman–Crippen LogP) is 3.90. The van der Waals surface area contributed by atoms with Crippen molar-refractivity contribution in [2.45, 2.75) is 32.8 Å². The zero-order valence-electron chi connectivity index (χ0n) is 10.4. The molecular formula is C16H18O. The number of hydrogen-bond acceptors (Lipinski definition) is 1. The van der Waals surface area contributed by atoms with Crippen molar-refractivity contribution in [2.24, 2.45) is 17.3 Å². The Morgan fingerprint density at radius 2 is 2.00 bits per heavy atom. The van der Waals surface area contributed by atoms with E-state index in [-0.39, 0.29) is 0 Å². The van der Waals surface area contributed by atoms with Crippen molar-refractivity contribution in [2.75, 3.05) is 0 Å². The summed E-state index contributed by atoms with van der Waals surface area (Å²) in [5, 5.41) is 0. The van der Waals surface area contributed by atoms with Crippen LogP contribution < -0.4 is 4.74 Å². The van der Waals surface area contributed by atoms with Gasteiger partial charge in [0.2, 0.25) is 0 Å². The van der Waals surface area contributed by atoms with E-state index in [2.05, 4.69) is 44.2 Å². The van der Waals surface area contributed by atoms with E-state index < -0.39 is 0 Å². The van der Waals surface area contributed by atoms with Crippen LogP contribution in [0.2, 0.25) is 0 Å². The number of benzene rings is 1. The van der Waals surface area contributed by atoms with Crippen LogP contribution in [0.15, 0.2) is 29.8 Å². The van der Waals surface area contributed by atoms with E-state index in [1.54, 1.807) is 5.57 Å². The first-order chi connectivity index (χ1) is 8.16. The molecule has 0 radical (unpaired) electrons. The van der Waals surface area contributed by atoms with Crippen LogP contribution in [-0.2, 0) is 0 Å². The molecule has 2 bridgehead atoms. The highest BCUT2D eigenvalue weighted by molar-refractivity contribution is 5.64. The van der Waals surface area contributed by atoms with Gasteiger partial charge in [0.15, 0.2) is 0 Å². The molecular weight excluding hydrogens is 208 g/mol. The summed E-state index contributed by atoms with van der Waals surface area (Å²) >= 11 is 0. The van der Waals surface area contributed by atoms with Crippen molar-refractivity contribution in [1.82, 2.24) is 0 Å². The molecule has 4 aliphatic rings. The van der Waals surface area contributed by atoms with Crippen molar-refractivity contribution in [1.29, 1.82) is 0 Å². The second-order valence-corrected chi connectivity index (χ2v) is 6.33. The predicted molar refractivity (Wildman–Crippen MR) is 68.8 cm³/mol. The van der Waals surface area contributed by atoms with E-state index in [4.69, 9.17) is 4.74 Å². The van der Waals surface area contributed by atoms with Crippen LogP contribution in [0.5, 0.6) is 5.75 Å². The van der Waals surface area contributed by atoms with Gasteiger partial charge in [0, 0.05) is 5.56 Å². The molecule has 3 saturated carbocycles. The number of para-hydroxylation sites is 1. The Labute approximate surface area is 102 Å². The molecule has 0 amide bonds. The molecule has 1 aromatic carbocycles. The first-order valence-electron chi connectivity index (χ1n) is 6.63. The topological polar surface area (TPSA) is 9.23 Å². The SMILES string of the molecule is CC1(C)[C@@H]2CC3Oc4ccccc4C=C3[C@H]1C2. The number of fused-ring (bicyclic) bond motifs is 1. The Balaban J connectivity index is 1.81. The molecule has 5 rings (SSSR count). The molecule has 0 saturated heterocycles. The van der Waals surface area contributed by atoms with Gasteiger partial charge >= 0.3 is 0 Å². The van der Waals surface area contributed by atoms with Gasteiger partial charge in [-0.15, -0.1) is 0 Å². The molecule has 3 fully saturated rings. The lowest BCUT2D eigenvalue weighted by Crippen LogP contribution is -2.55. The van der Waals surface area contributed by atoms with Gasteiger partial charge in [-0.2, -0.15) is 0 Å². The highest BCUT2D eigenvalue weighted by atomic mass is 16.5. The minimum Gasteiger partial charge on any atom is -0.485 e. The summed E-state index contributed by atoms with van der Waals surface area (Å²) in [4.78, 5) is 0. The fourth-order valence-electron chi connectivity index (χ4n) is 3.95. The summed E-state index contributed by atoms with van der Waals surface area (Å²) in [6, 6.07) is 8.41. The summed E-state index contributed by atoms with van der Waals surface area (Å²) in [6.45, 7) is 4.84. The van der Waals surface area contributed by atoms with Gasteiger partial charge in [-0.3, -0.25) is 0 Å². The standard InChI is InChI=1S/C16H18O/c1-16(2)11-8-13(16)12-7-10-5-3-4-6-14(10)17-15(12)9-11/h3-7,11,13,15H,8-9H2,1-2H3/t11-,13+,15?/m0/s1. The number of ether oxygens (including phenoxy) is 1. The van der Waals surface area contributed by atoms with Crippen molar-refractivity contribution in [3.63, 3.8) is 0 Å². The fraction of sp³-hybridized carbons (Fsp3) is 0.500. The van der Waals surface area contributed by atoms with Crippen molar-refractivity contribution in [3.8, 4) is 5.75 Å². The average molecular weight is 226 g/mol. The second kappa shape index (κ2) is 2.95. The molecule has 88 valence electrons. The van der Waals surface area contributed by atoms with Crippen molar-refractivity contribution >= 4 is 6.08 Å². The first-order valence-corrected chi connectivity index (χ1v) is 6.63. The smallest absolute Gasteiger partial charge is 0.127 e. The third kappa shape index (κ3) is 1.15. The van der Waals surface area contributed by atoms with Gasteiger partial charge in [0.1, 0.15) is 11.9 Å². The van der Waals surface area contributed by atoms with E-state index in [0.717, 1.165) is 17.6 Å². The molecule has 0 aromatic heterocycles. The third-order valence-corrected chi connectivity index (χ3v) is 5.25. The lowest BCUT2D eigenvalue weighted by molar-refractivity contribution is -0.0650. The van der Waals surface area contributed by atoms with Gasteiger partial charge in [-0.25, -0.2) is 0 Å². The van der Waals surface area contributed by atoms with Crippen LogP contribution in [0.25, 0.3) is 6.08 Å². The molecule has 0 N–H and O–H groups in total. The maximum Gasteiger partial charge on any atom is 0.127 e. The van der Waals surface area contributed by atoms with Gasteiger partial charge in [0.05, 0.1) is 0 Å². The Kier molecular flexibility index (Phi) is 1.69. The highest BCUT2D eigenvalue weighted by Crippen LogP contribution is 2.62. The molecule has 1 heterocycles. The van der Waals surface area contributed by atoms with Gasteiger partial charge < -0.3 is 4.74 Å². The summed E-state index contributed by atoms with van der Waals surface area (Å²) in [7, 11) is 0. The summed E-state index contributed by atoms with van der Waals surface area (Å²) in [5.41, 5.74) is 3.31. The molecule has 1 nitrogen and oxygen atoms in total. The van der Waals surface area contributed by atoms with Gasteiger partial charge in [-0.05, 0) is 47.8 Å². The fourth-order valence-corrected chi connectivity index (χ4v) is 3.95. The Bertz CT molecular complexity index is 512. The minimum atomic E-state index is 0.363. The monoisotopic (exact) mass is 226 g/mol. The van der Waals surface area contributed by atoms with E-state index in [1.807, 2.05) is 0 Å². The average Bonchev–Trinajstić information content (AvgIpc) is 2.35. The highest BCUT2D eigenvalue weighted by Gasteiger charge is 2.56. The summed E-state index contributed by atoms with van der Waals surface area (Å²) < 4.78 is 6.16. The van der Waals surface area contributed by atoms with E-state index in [1.165, 1.54) is 18.4 Å². The molecule has 1 unspecified atom stereocenters. The van der Waals surface area contributed by atoms with Crippen LogP contribution in [0.3, 0.4) is 0 Å². The first kappa shape index (κ1) is 9.76. The normalized spacial score (nSPS) is 35.9. The van der Waals surface area contributed by atoms with Crippen LogP contribution in [0, 0.1) is 17.3 Å². The number of hydrogen-bond donors (Lipinski definition) is 0. The third-order valence-electron chi connectivity index (χ3n) is 5.25. The minimum absolute atomic E-state index is 0.363. The molecule has 17 heavy (non-hydrogen) atoms. The van der Waals surface area contributed by atoms with E-state index in [9.17, 15) is 0 Å². The van der Waals surface area contributed by atoms with E-state index >= 15 is 0 Å². The van der Waals surface area contributed by atoms with Crippen LogP contribution in [0.1, 0.15) is 32.3 Å². The van der Waals surface area contributed by atoms with Gasteiger partial charge in [0.25, 0.3) is 0 Å². The van der Waals surface area contributed by atoms with Crippen LogP contribution in [0.4, 0.5) is 0 Å². The van der Waals surface area contributed by atoms with Gasteiger partial charge in [-0.1, -0.05) is 32.0 Å². The van der Waals surface area contributed by atoms with Crippen LogP contribution in [-0.4, -0.2) is 6.10 Å². The number of rotatable bonds is 0. The summed E-state index contributed by atoms with van der Waals surface area (Å²) in [5.74, 6) is 2.68. The molecule has 0 spiro atoms. The molecule has 1 aliphatic heterocycles. The van der Waals surface area contributed by atoms with E-state index in [0.29, 0.717) is 11.5 Å². The molecule has 3 atom stereocenters.